The lowest BCUT2D eigenvalue weighted by Crippen LogP contribution is -2.14. The molecule has 3 aromatic rings. The van der Waals surface area contributed by atoms with Crippen LogP contribution in [0.3, 0.4) is 0 Å². The monoisotopic (exact) mass is 398 g/mol. The van der Waals surface area contributed by atoms with Crippen LogP contribution in [0.25, 0.3) is 0 Å². The molecule has 3 rings (SSSR count). The Hall–Kier alpha value is -2.93. The van der Waals surface area contributed by atoms with Crippen molar-refractivity contribution in [3.05, 3.63) is 70.8 Å². The number of hydrogen-bond acceptors (Lipinski definition) is 5. The van der Waals surface area contributed by atoms with Gasteiger partial charge in [0.25, 0.3) is 5.91 Å². The van der Waals surface area contributed by atoms with E-state index in [1.165, 1.54) is 0 Å². The molecular weight excluding hydrogens is 384 g/mol. The predicted molar refractivity (Wildman–Crippen MR) is 100 cm³/mol. The van der Waals surface area contributed by atoms with Gasteiger partial charge < -0.3 is 15.4 Å². The Morgan fingerprint density at radius 2 is 1.60 bits per heavy atom. The lowest BCUT2D eigenvalue weighted by molar-refractivity contribution is 0.102. The van der Waals surface area contributed by atoms with Crippen LogP contribution in [0.2, 0.25) is 0 Å². The quantitative estimate of drug-likeness (QED) is 0.671. The Balaban J connectivity index is 1.64. The SMILES string of the molecule is COc1ccc(NC(=O)c2ccc(Nc3ccc(Br)cc3)nn2)cc1. The van der Waals surface area contributed by atoms with Crippen molar-refractivity contribution in [2.45, 2.75) is 0 Å². The molecule has 1 amide bonds. The Kier molecular flexibility index (Phi) is 5.25. The zero-order valence-corrected chi connectivity index (χ0v) is 14.9. The number of carbonyl (C=O) groups is 1. The van der Waals surface area contributed by atoms with E-state index in [4.69, 9.17) is 4.74 Å². The van der Waals surface area contributed by atoms with Crippen molar-refractivity contribution < 1.29 is 9.53 Å². The molecule has 1 heterocycles. The minimum Gasteiger partial charge on any atom is -0.497 e. The van der Waals surface area contributed by atoms with Gasteiger partial charge in [0.15, 0.2) is 11.5 Å². The Bertz CT molecular complexity index is 850. The molecule has 0 bridgehead atoms. The topological polar surface area (TPSA) is 76.1 Å². The number of amides is 1. The van der Waals surface area contributed by atoms with E-state index in [9.17, 15) is 4.79 Å². The number of nitrogens with zero attached hydrogens (tertiary/aromatic N) is 2. The third kappa shape index (κ3) is 4.54. The molecule has 2 N–H and O–H groups in total. The fraction of sp³-hybridized carbons (Fsp3) is 0.0556. The summed E-state index contributed by atoms with van der Waals surface area (Å²) in [5, 5.41) is 13.9. The molecule has 0 unspecified atom stereocenters. The van der Waals surface area contributed by atoms with Crippen LogP contribution in [-0.4, -0.2) is 23.2 Å². The van der Waals surface area contributed by atoms with E-state index >= 15 is 0 Å². The van der Waals surface area contributed by atoms with Gasteiger partial charge in [-0.1, -0.05) is 15.9 Å². The number of halogens is 1. The molecule has 25 heavy (non-hydrogen) atoms. The van der Waals surface area contributed by atoms with Gasteiger partial charge in [0, 0.05) is 15.8 Å². The number of aromatic nitrogens is 2. The summed E-state index contributed by atoms with van der Waals surface area (Å²) in [6.07, 6.45) is 0. The van der Waals surface area contributed by atoms with Gasteiger partial charge in [0.2, 0.25) is 0 Å². The van der Waals surface area contributed by atoms with Crippen LogP contribution in [0.5, 0.6) is 5.75 Å². The van der Waals surface area contributed by atoms with E-state index in [2.05, 4.69) is 36.8 Å². The van der Waals surface area contributed by atoms with E-state index < -0.39 is 0 Å². The highest BCUT2D eigenvalue weighted by atomic mass is 79.9. The summed E-state index contributed by atoms with van der Waals surface area (Å²) in [7, 11) is 1.59. The van der Waals surface area contributed by atoms with Crippen molar-refractivity contribution in [1.29, 1.82) is 0 Å². The highest BCUT2D eigenvalue weighted by Gasteiger charge is 2.09. The molecule has 1 aromatic heterocycles. The van der Waals surface area contributed by atoms with Gasteiger partial charge in [0.1, 0.15) is 5.75 Å². The number of benzene rings is 2. The minimum absolute atomic E-state index is 0.233. The Morgan fingerprint density at radius 3 is 2.20 bits per heavy atom. The van der Waals surface area contributed by atoms with Gasteiger partial charge in [-0.3, -0.25) is 4.79 Å². The molecule has 0 saturated carbocycles. The highest BCUT2D eigenvalue weighted by Crippen LogP contribution is 2.18. The first kappa shape index (κ1) is 16.9. The van der Waals surface area contributed by atoms with Crippen LogP contribution < -0.4 is 15.4 Å². The second-order valence-electron chi connectivity index (χ2n) is 5.12. The second kappa shape index (κ2) is 7.76. The van der Waals surface area contributed by atoms with Gasteiger partial charge in [0.05, 0.1) is 7.11 Å². The van der Waals surface area contributed by atoms with Crippen LogP contribution in [0, 0.1) is 0 Å². The molecule has 0 aliphatic heterocycles. The number of nitrogens with one attached hydrogen (secondary N) is 2. The number of hydrogen-bond donors (Lipinski definition) is 2. The third-order valence-electron chi connectivity index (χ3n) is 3.36. The van der Waals surface area contributed by atoms with Crippen molar-refractivity contribution in [1.82, 2.24) is 10.2 Å². The Labute approximate surface area is 153 Å². The molecule has 0 saturated heterocycles. The van der Waals surface area contributed by atoms with E-state index in [0.29, 0.717) is 11.5 Å². The summed E-state index contributed by atoms with van der Waals surface area (Å²) in [6, 6.07) is 18.1. The van der Waals surface area contributed by atoms with Crippen LogP contribution in [-0.2, 0) is 0 Å². The number of carbonyl (C=O) groups excluding carboxylic acids is 1. The van der Waals surface area contributed by atoms with Crippen molar-refractivity contribution in [2.24, 2.45) is 0 Å². The summed E-state index contributed by atoms with van der Waals surface area (Å²) in [5.41, 5.74) is 1.77. The molecule has 6 nitrogen and oxygen atoms in total. The van der Waals surface area contributed by atoms with Gasteiger partial charge in [-0.05, 0) is 60.7 Å². The van der Waals surface area contributed by atoms with Crippen molar-refractivity contribution in [3.8, 4) is 5.75 Å². The van der Waals surface area contributed by atoms with Crippen LogP contribution in [0.4, 0.5) is 17.2 Å². The minimum atomic E-state index is -0.326. The van der Waals surface area contributed by atoms with E-state index in [-0.39, 0.29) is 11.6 Å². The fourth-order valence-electron chi connectivity index (χ4n) is 2.07. The summed E-state index contributed by atoms with van der Waals surface area (Å²) in [5.74, 6) is 0.956. The molecule has 126 valence electrons. The average Bonchev–Trinajstić information content (AvgIpc) is 2.65. The molecule has 0 radical (unpaired) electrons. The second-order valence-corrected chi connectivity index (χ2v) is 6.03. The highest BCUT2D eigenvalue weighted by molar-refractivity contribution is 9.10. The van der Waals surface area contributed by atoms with Gasteiger partial charge in [-0.2, -0.15) is 0 Å². The molecule has 0 aliphatic carbocycles. The summed E-state index contributed by atoms with van der Waals surface area (Å²) >= 11 is 3.38. The maximum atomic E-state index is 12.2. The number of rotatable bonds is 5. The Morgan fingerprint density at radius 1 is 0.920 bits per heavy atom. The largest absolute Gasteiger partial charge is 0.497 e. The van der Waals surface area contributed by atoms with Crippen LogP contribution in [0.15, 0.2) is 65.1 Å². The maximum Gasteiger partial charge on any atom is 0.276 e. The van der Waals surface area contributed by atoms with Crippen molar-refractivity contribution in [3.63, 3.8) is 0 Å². The number of anilines is 3. The first-order chi connectivity index (χ1) is 12.1. The first-order valence-electron chi connectivity index (χ1n) is 7.46. The predicted octanol–water partition coefficient (Wildman–Crippen LogP) is 4.24. The van der Waals surface area contributed by atoms with E-state index in [0.717, 1.165) is 15.9 Å². The van der Waals surface area contributed by atoms with Crippen LogP contribution in [0.1, 0.15) is 10.5 Å². The number of ether oxygens (including phenoxy) is 1. The standard InChI is InChI=1S/C18H15BrN4O2/c1-25-15-8-6-14(7-9-15)21-18(24)16-10-11-17(23-22-16)20-13-4-2-12(19)3-5-13/h2-11H,1H3,(H,20,23)(H,21,24). The van der Waals surface area contributed by atoms with Gasteiger partial charge in [-0.25, -0.2) is 0 Å². The molecule has 0 atom stereocenters. The summed E-state index contributed by atoms with van der Waals surface area (Å²) in [6.45, 7) is 0. The first-order valence-corrected chi connectivity index (χ1v) is 8.25. The molecular formula is C18H15BrN4O2. The lowest BCUT2D eigenvalue weighted by Gasteiger charge is -2.07. The number of methoxy groups -OCH3 is 1. The molecule has 0 spiro atoms. The van der Waals surface area contributed by atoms with Crippen molar-refractivity contribution in [2.75, 3.05) is 17.7 Å². The third-order valence-corrected chi connectivity index (χ3v) is 3.89. The molecule has 0 aliphatic rings. The summed E-state index contributed by atoms with van der Waals surface area (Å²) in [4.78, 5) is 12.2. The smallest absolute Gasteiger partial charge is 0.276 e. The zero-order chi connectivity index (χ0) is 17.6. The van der Waals surface area contributed by atoms with E-state index in [1.54, 1.807) is 43.5 Å². The molecule has 7 heteroatoms. The van der Waals surface area contributed by atoms with E-state index in [1.807, 2.05) is 24.3 Å². The molecule has 0 fully saturated rings. The lowest BCUT2D eigenvalue weighted by atomic mass is 10.3. The zero-order valence-electron chi connectivity index (χ0n) is 13.4. The maximum absolute atomic E-state index is 12.2. The molecule has 2 aromatic carbocycles. The van der Waals surface area contributed by atoms with Gasteiger partial charge in [-0.15, -0.1) is 10.2 Å². The van der Waals surface area contributed by atoms with Crippen LogP contribution >= 0.6 is 15.9 Å². The van der Waals surface area contributed by atoms with Gasteiger partial charge >= 0.3 is 0 Å². The average molecular weight is 399 g/mol. The fourth-order valence-corrected chi connectivity index (χ4v) is 2.33. The van der Waals surface area contributed by atoms with Crippen molar-refractivity contribution >= 4 is 39.0 Å². The normalized spacial score (nSPS) is 10.2. The summed E-state index contributed by atoms with van der Waals surface area (Å²) < 4.78 is 6.08.